The van der Waals surface area contributed by atoms with E-state index >= 15 is 0 Å². The predicted molar refractivity (Wildman–Crippen MR) is 122 cm³/mol. The first-order valence-corrected chi connectivity index (χ1v) is 11.3. The van der Waals surface area contributed by atoms with Gasteiger partial charge in [-0.3, -0.25) is 9.59 Å². The van der Waals surface area contributed by atoms with Gasteiger partial charge in [0, 0.05) is 38.6 Å². The molecule has 2 aliphatic rings. The summed E-state index contributed by atoms with van der Waals surface area (Å²) in [4.78, 5) is 26.9. The molecule has 5 nitrogen and oxygen atoms in total. The van der Waals surface area contributed by atoms with Gasteiger partial charge in [0.25, 0.3) is 0 Å². The number of carbonyl (C=O) groups is 2. The summed E-state index contributed by atoms with van der Waals surface area (Å²) in [5.74, 6) is 0.257. The van der Waals surface area contributed by atoms with Crippen LogP contribution in [-0.4, -0.2) is 48.6 Å². The molecular formula is C26H32N2O3. The molecule has 2 saturated heterocycles. The van der Waals surface area contributed by atoms with Crippen molar-refractivity contribution in [2.75, 3.05) is 20.2 Å². The van der Waals surface area contributed by atoms with Crippen LogP contribution in [0.1, 0.15) is 44.1 Å². The third-order valence-corrected chi connectivity index (χ3v) is 6.72. The number of hydrogen-bond donors (Lipinski definition) is 1. The second kappa shape index (κ2) is 9.65. The van der Waals surface area contributed by atoms with Gasteiger partial charge < -0.3 is 15.0 Å². The molecule has 5 heteroatoms. The molecule has 2 aromatic carbocycles. The Kier molecular flexibility index (Phi) is 6.71. The molecule has 2 unspecified atom stereocenters. The van der Waals surface area contributed by atoms with Gasteiger partial charge in [0.1, 0.15) is 0 Å². The number of rotatable bonds is 7. The van der Waals surface area contributed by atoms with Crippen LogP contribution in [0.15, 0.2) is 54.6 Å². The molecular weight excluding hydrogens is 388 g/mol. The molecule has 0 radical (unpaired) electrons. The van der Waals surface area contributed by atoms with Crippen molar-refractivity contribution in [1.29, 1.82) is 0 Å². The van der Waals surface area contributed by atoms with E-state index in [1.54, 1.807) is 7.11 Å². The average molecular weight is 421 g/mol. The highest BCUT2D eigenvalue weighted by Crippen LogP contribution is 2.31. The van der Waals surface area contributed by atoms with E-state index < -0.39 is 0 Å². The molecule has 0 saturated carbocycles. The Morgan fingerprint density at radius 2 is 1.87 bits per heavy atom. The average Bonchev–Trinajstić information content (AvgIpc) is 3.19. The Morgan fingerprint density at radius 3 is 2.55 bits per heavy atom. The molecule has 0 aliphatic carbocycles. The van der Waals surface area contributed by atoms with Crippen molar-refractivity contribution < 1.29 is 14.3 Å². The summed E-state index contributed by atoms with van der Waals surface area (Å²) in [7, 11) is 1.71. The Hall–Kier alpha value is -2.66. The lowest BCUT2D eigenvalue weighted by Gasteiger charge is -2.34. The van der Waals surface area contributed by atoms with Crippen molar-refractivity contribution in [2.45, 2.75) is 56.6 Å². The number of nitrogens with one attached hydrogen (secondary N) is 1. The van der Waals surface area contributed by atoms with Crippen molar-refractivity contribution in [3.63, 3.8) is 0 Å². The number of methoxy groups -OCH3 is 1. The fourth-order valence-electron chi connectivity index (χ4n) is 4.88. The van der Waals surface area contributed by atoms with Crippen molar-refractivity contribution in [3.8, 4) is 11.1 Å². The predicted octanol–water partition coefficient (Wildman–Crippen LogP) is 3.96. The molecule has 0 aromatic heterocycles. The molecule has 31 heavy (non-hydrogen) atoms. The Labute approximate surface area is 184 Å². The quantitative estimate of drug-likeness (QED) is 0.738. The van der Waals surface area contributed by atoms with E-state index in [-0.39, 0.29) is 23.5 Å². The van der Waals surface area contributed by atoms with E-state index in [2.05, 4.69) is 41.7 Å². The number of likely N-dealkylation sites (tertiary alicyclic amines) is 1. The highest BCUT2D eigenvalue weighted by Gasteiger charge is 2.38. The standard InChI is InChI=1S/C26H32N2O3/c1-31-23-8-5-17-28(19-23)25(30)14-16-26(15-13-24(29)27-26)18-20-9-11-22(12-10-20)21-6-3-2-4-7-21/h2-4,6-7,9-12,23H,5,8,13-19H2,1H3,(H,27,29). The Balaban J connectivity index is 1.41. The SMILES string of the molecule is COC1CCCN(C(=O)CCC2(Cc3ccc(-c4ccccc4)cc3)CCC(=O)N2)C1. The van der Waals surface area contributed by atoms with Crippen LogP contribution in [0.2, 0.25) is 0 Å². The highest BCUT2D eigenvalue weighted by atomic mass is 16.5. The van der Waals surface area contributed by atoms with E-state index in [0.29, 0.717) is 25.8 Å². The maximum absolute atomic E-state index is 12.9. The van der Waals surface area contributed by atoms with Gasteiger partial charge >= 0.3 is 0 Å². The number of amides is 2. The zero-order chi connectivity index (χ0) is 21.7. The van der Waals surface area contributed by atoms with Crippen molar-refractivity contribution in [2.24, 2.45) is 0 Å². The smallest absolute Gasteiger partial charge is 0.222 e. The summed E-state index contributed by atoms with van der Waals surface area (Å²) in [5.41, 5.74) is 3.23. The van der Waals surface area contributed by atoms with Gasteiger partial charge in [0.05, 0.1) is 6.10 Å². The van der Waals surface area contributed by atoms with Crippen LogP contribution in [0.25, 0.3) is 11.1 Å². The van der Waals surface area contributed by atoms with Crippen LogP contribution in [0.4, 0.5) is 0 Å². The molecule has 4 rings (SSSR count). The zero-order valence-corrected chi connectivity index (χ0v) is 18.3. The maximum atomic E-state index is 12.9. The minimum atomic E-state index is -0.336. The molecule has 2 aromatic rings. The number of carbonyl (C=O) groups excluding carboxylic acids is 2. The monoisotopic (exact) mass is 420 g/mol. The molecule has 2 fully saturated rings. The number of hydrogen-bond acceptors (Lipinski definition) is 3. The lowest BCUT2D eigenvalue weighted by atomic mass is 9.84. The number of nitrogens with zero attached hydrogens (tertiary/aromatic N) is 1. The first-order valence-electron chi connectivity index (χ1n) is 11.3. The summed E-state index contributed by atoms with van der Waals surface area (Å²) in [6.07, 6.45) is 5.33. The molecule has 2 amide bonds. The Bertz CT molecular complexity index is 897. The summed E-state index contributed by atoms with van der Waals surface area (Å²) >= 11 is 0. The summed E-state index contributed by atoms with van der Waals surface area (Å²) in [6, 6.07) is 18.9. The molecule has 2 heterocycles. The fourth-order valence-corrected chi connectivity index (χ4v) is 4.88. The molecule has 0 spiro atoms. The van der Waals surface area contributed by atoms with Crippen LogP contribution in [0.5, 0.6) is 0 Å². The lowest BCUT2D eigenvalue weighted by Crippen LogP contribution is -2.46. The normalized spacial score (nSPS) is 23.6. The molecule has 2 aliphatic heterocycles. The number of ether oxygens (including phenoxy) is 1. The number of piperidine rings is 1. The van der Waals surface area contributed by atoms with E-state index in [0.717, 1.165) is 32.2 Å². The van der Waals surface area contributed by atoms with Gasteiger partial charge in [0.15, 0.2) is 0 Å². The molecule has 0 bridgehead atoms. The minimum Gasteiger partial charge on any atom is -0.380 e. The van der Waals surface area contributed by atoms with Crippen LogP contribution >= 0.6 is 0 Å². The van der Waals surface area contributed by atoms with E-state index in [9.17, 15) is 9.59 Å². The second-order valence-electron chi connectivity index (χ2n) is 8.91. The second-order valence-corrected chi connectivity index (χ2v) is 8.91. The van der Waals surface area contributed by atoms with E-state index in [4.69, 9.17) is 4.74 Å². The van der Waals surface area contributed by atoms with E-state index in [1.807, 2.05) is 23.1 Å². The van der Waals surface area contributed by atoms with Gasteiger partial charge in [-0.05, 0) is 48.8 Å². The maximum Gasteiger partial charge on any atom is 0.222 e. The van der Waals surface area contributed by atoms with Gasteiger partial charge in [-0.15, -0.1) is 0 Å². The largest absolute Gasteiger partial charge is 0.380 e. The molecule has 2 atom stereocenters. The Morgan fingerprint density at radius 1 is 1.13 bits per heavy atom. The summed E-state index contributed by atoms with van der Waals surface area (Å²) in [5, 5.41) is 3.21. The van der Waals surface area contributed by atoms with Crippen molar-refractivity contribution in [3.05, 3.63) is 60.2 Å². The first kappa shape index (κ1) is 21.6. The fraction of sp³-hybridized carbons (Fsp3) is 0.462. The van der Waals surface area contributed by atoms with Crippen LogP contribution < -0.4 is 5.32 Å². The van der Waals surface area contributed by atoms with Gasteiger partial charge in [-0.2, -0.15) is 0 Å². The van der Waals surface area contributed by atoms with Crippen LogP contribution in [0, 0.1) is 0 Å². The van der Waals surface area contributed by atoms with Crippen LogP contribution in [-0.2, 0) is 20.7 Å². The van der Waals surface area contributed by atoms with Crippen molar-refractivity contribution >= 4 is 11.8 Å². The van der Waals surface area contributed by atoms with E-state index in [1.165, 1.54) is 16.7 Å². The first-order chi connectivity index (χ1) is 15.1. The summed E-state index contributed by atoms with van der Waals surface area (Å²) in [6.45, 7) is 1.48. The number of benzene rings is 2. The summed E-state index contributed by atoms with van der Waals surface area (Å²) < 4.78 is 5.45. The molecule has 164 valence electrons. The zero-order valence-electron chi connectivity index (χ0n) is 18.3. The van der Waals surface area contributed by atoms with Gasteiger partial charge in [-0.1, -0.05) is 54.6 Å². The third kappa shape index (κ3) is 5.34. The third-order valence-electron chi connectivity index (χ3n) is 6.72. The topological polar surface area (TPSA) is 58.6 Å². The van der Waals surface area contributed by atoms with Gasteiger partial charge in [-0.25, -0.2) is 0 Å². The highest BCUT2D eigenvalue weighted by molar-refractivity contribution is 5.80. The van der Waals surface area contributed by atoms with Gasteiger partial charge in [0.2, 0.25) is 11.8 Å². The lowest BCUT2D eigenvalue weighted by molar-refractivity contribution is -0.135. The van der Waals surface area contributed by atoms with Crippen molar-refractivity contribution in [1.82, 2.24) is 10.2 Å². The minimum absolute atomic E-state index is 0.0887. The van der Waals surface area contributed by atoms with Crippen LogP contribution in [0.3, 0.4) is 0 Å². The molecule has 1 N–H and O–H groups in total.